The molecule has 0 unspecified atom stereocenters. The van der Waals surface area contributed by atoms with Gasteiger partial charge in [0, 0.05) is 20.1 Å². The third kappa shape index (κ3) is 5.88. The minimum Gasteiger partial charge on any atom is -0.462 e. The van der Waals surface area contributed by atoms with Crippen molar-refractivity contribution in [2.45, 2.75) is 19.9 Å². The number of esters is 1. The molecule has 5 nitrogen and oxygen atoms in total. The average Bonchev–Trinajstić information content (AvgIpc) is 2.66. The van der Waals surface area contributed by atoms with Crippen LogP contribution in [-0.4, -0.2) is 32.1 Å². The summed E-state index contributed by atoms with van der Waals surface area (Å²) in [4.78, 5) is 15.8. The maximum Gasteiger partial charge on any atom is 0.338 e. The predicted octanol–water partition coefficient (Wildman–Crippen LogP) is 2.91. The molecule has 0 aromatic heterocycles. The Bertz CT molecular complexity index is 745. The van der Waals surface area contributed by atoms with E-state index in [4.69, 9.17) is 4.74 Å². The number of hydrogen-bond donors (Lipinski definition) is 2. The molecule has 138 valence electrons. The highest BCUT2D eigenvalue weighted by atomic mass is 19.1. The van der Waals surface area contributed by atoms with E-state index >= 15 is 0 Å². The lowest BCUT2D eigenvalue weighted by Crippen LogP contribution is -2.37. The third-order valence-corrected chi connectivity index (χ3v) is 3.79. The Morgan fingerprint density at radius 2 is 1.85 bits per heavy atom. The van der Waals surface area contributed by atoms with E-state index in [1.54, 1.807) is 38.2 Å². The van der Waals surface area contributed by atoms with Crippen LogP contribution in [0, 0.1) is 5.82 Å². The van der Waals surface area contributed by atoms with Crippen LogP contribution in [-0.2, 0) is 17.7 Å². The number of ether oxygens (including phenoxy) is 1. The van der Waals surface area contributed by atoms with E-state index in [0.717, 1.165) is 5.56 Å². The van der Waals surface area contributed by atoms with Crippen LogP contribution in [0.4, 0.5) is 4.39 Å². The van der Waals surface area contributed by atoms with Crippen molar-refractivity contribution in [3.8, 4) is 0 Å². The van der Waals surface area contributed by atoms with Gasteiger partial charge in [0.25, 0.3) is 0 Å². The summed E-state index contributed by atoms with van der Waals surface area (Å²) in [7, 11) is 1.68. The summed E-state index contributed by atoms with van der Waals surface area (Å²) in [6.45, 7) is 3.27. The molecule has 0 aliphatic heterocycles. The molecule has 0 aliphatic carbocycles. The van der Waals surface area contributed by atoms with Gasteiger partial charge in [0.2, 0.25) is 0 Å². The van der Waals surface area contributed by atoms with Crippen LogP contribution >= 0.6 is 0 Å². The summed E-state index contributed by atoms with van der Waals surface area (Å²) in [6.07, 6.45) is 0.571. The van der Waals surface area contributed by atoms with Crippen molar-refractivity contribution in [3.05, 3.63) is 71.0 Å². The normalized spacial score (nSPS) is 11.1. The van der Waals surface area contributed by atoms with E-state index in [2.05, 4.69) is 15.6 Å². The maximum atomic E-state index is 13.6. The molecule has 0 heterocycles. The summed E-state index contributed by atoms with van der Waals surface area (Å²) in [5, 5.41) is 6.35. The summed E-state index contributed by atoms with van der Waals surface area (Å²) < 4.78 is 18.6. The highest BCUT2D eigenvalue weighted by molar-refractivity contribution is 5.89. The van der Waals surface area contributed by atoms with Gasteiger partial charge >= 0.3 is 5.97 Å². The molecule has 2 aromatic carbocycles. The van der Waals surface area contributed by atoms with Crippen molar-refractivity contribution in [3.63, 3.8) is 0 Å². The van der Waals surface area contributed by atoms with Crippen LogP contribution in [0.1, 0.15) is 28.4 Å². The van der Waals surface area contributed by atoms with Gasteiger partial charge in [-0.2, -0.15) is 0 Å². The molecule has 0 amide bonds. The molecule has 0 radical (unpaired) electrons. The second-order valence-electron chi connectivity index (χ2n) is 5.61. The number of guanidine groups is 1. The number of carbonyl (C=O) groups is 1. The van der Waals surface area contributed by atoms with E-state index in [9.17, 15) is 9.18 Å². The minimum absolute atomic E-state index is 0.195. The van der Waals surface area contributed by atoms with Crippen LogP contribution in [0.5, 0.6) is 0 Å². The van der Waals surface area contributed by atoms with Crippen LogP contribution in [0.25, 0.3) is 0 Å². The first-order valence-corrected chi connectivity index (χ1v) is 8.58. The van der Waals surface area contributed by atoms with Crippen LogP contribution in [0.2, 0.25) is 0 Å². The van der Waals surface area contributed by atoms with Crippen LogP contribution in [0.3, 0.4) is 0 Å². The molecule has 0 spiro atoms. The van der Waals surface area contributed by atoms with E-state index < -0.39 is 0 Å². The monoisotopic (exact) mass is 357 g/mol. The average molecular weight is 357 g/mol. The highest BCUT2D eigenvalue weighted by Gasteiger charge is 2.06. The smallest absolute Gasteiger partial charge is 0.338 e. The topological polar surface area (TPSA) is 62.7 Å². The van der Waals surface area contributed by atoms with Crippen LogP contribution < -0.4 is 10.6 Å². The van der Waals surface area contributed by atoms with Gasteiger partial charge in [0.15, 0.2) is 5.96 Å². The second kappa shape index (κ2) is 10.2. The van der Waals surface area contributed by atoms with Crippen molar-refractivity contribution in [2.75, 3.05) is 20.2 Å². The number of nitrogens with zero attached hydrogens (tertiary/aromatic N) is 1. The number of rotatable bonds is 7. The molecule has 0 bridgehead atoms. The molecule has 0 aliphatic rings. The van der Waals surface area contributed by atoms with E-state index in [-0.39, 0.29) is 11.8 Å². The van der Waals surface area contributed by atoms with E-state index in [1.807, 2.05) is 18.2 Å². The fourth-order valence-corrected chi connectivity index (χ4v) is 2.40. The van der Waals surface area contributed by atoms with Gasteiger partial charge in [-0.25, -0.2) is 9.18 Å². The van der Waals surface area contributed by atoms with Crippen LogP contribution in [0.15, 0.2) is 53.5 Å². The van der Waals surface area contributed by atoms with Gasteiger partial charge in [-0.3, -0.25) is 4.99 Å². The largest absolute Gasteiger partial charge is 0.462 e. The number of benzene rings is 2. The summed E-state index contributed by atoms with van der Waals surface area (Å²) in [6, 6.07) is 14.0. The number of halogens is 1. The van der Waals surface area contributed by atoms with Crippen molar-refractivity contribution < 1.29 is 13.9 Å². The Hall–Kier alpha value is -2.89. The molecular weight excluding hydrogens is 333 g/mol. The summed E-state index contributed by atoms with van der Waals surface area (Å²) in [5.74, 6) is 0.118. The fraction of sp³-hybridized carbons (Fsp3) is 0.300. The Balaban J connectivity index is 1.79. The third-order valence-electron chi connectivity index (χ3n) is 3.79. The molecule has 2 rings (SSSR count). The first-order chi connectivity index (χ1) is 12.6. The van der Waals surface area contributed by atoms with Gasteiger partial charge in [-0.15, -0.1) is 0 Å². The zero-order valence-corrected chi connectivity index (χ0v) is 15.1. The highest BCUT2D eigenvalue weighted by Crippen LogP contribution is 2.07. The second-order valence-corrected chi connectivity index (χ2v) is 5.61. The minimum atomic E-state index is -0.322. The molecule has 0 saturated carbocycles. The van der Waals surface area contributed by atoms with Gasteiger partial charge in [0.1, 0.15) is 5.82 Å². The molecule has 0 atom stereocenters. The molecule has 2 aromatic rings. The Labute approximate surface area is 153 Å². The summed E-state index contributed by atoms with van der Waals surface area (Å²) >= 11 is 0. The predicted molar refractivity (Wildman–Crippen MR) is 101 cm³/mol. The van der Waals surface area contributed by atoms with Crippen molar-refractivity contribution >= 4 is 11.9 Å². The molecule has 0 fully saturated rings. The van der Waals surface area contributed by atoms with Crippen molar-refractivity contribution in [2.24, 2.45) is 4.99 Å². The Morgan fingerprint density at radius 3 is 2.50 bits per heavy atom. The number of nitrogens with one attached hydrogen (secondary N) is 2. The quantitative estimate of drug-likeness (QED) is 0.454. The van der Waals surface area contributed by atoms with E-state index in [1.165, 1.54) is 6.07 Å². The SMILES string of the molecule is CCOC(=O)c1ccc(CNC(=NC)NCCc2ccccc2F)cc1. The van der Waals surface area contributed by atoms with Gasteiger partial charge in [-0.05, 0) is 42.7 Å². The number of aliphatic imine (C=N–C) groups is 1. The van der Waals surface area contributed by atoms with E-state index in [0.29, 0.717) is 43.2 Å². The maximum absolute atomic E-state index is 13.6. The fourth-order valence-electron chi connectivity index (χ4n) is 2.40. The molecule has 0 saturated heterocycles. The first kappa shape index (κ1) is 19.4. The van der Waals surface area contributed by atoms with Gasteiger partial charge in [0.05, 0.1) is 12.2 Å². The standard InChI is InChI=1S/C20H24FN3O2/c1-3-26-19(25)17-10-8-15(9-11-17)14-24-20(22-2)23-13-12-16-6-4-5-7-18(16)21/h4-11H,3,12-14H2,1-2H3,(H2,22,23,24). The molecular formula is C20H24FN3O2. The number of carbonyl (C=O) groups excluding carboxylic acids is 1. The lowest BCUT2D eigenvalue weighted by molar-refractivity contribution is 0.0526. The Morgan fingerprint density at radius 1 is 1.12 bits per heavy atom. The zero-order valence-electron chi connectivity index (χ0n) is 15.1. The molecule has 6 heteroatoms. The molecule has 2 N–H and O–H groups in total. The number of hydrogen-bond acceptors (Lipinski definition) is 3. The zero-order chi connectivity index (χ0) is 18.8. The van der Waals surface area contributed by atoms with Gasteiger partial charge < -0.3 is 15.4 Å². The van der Waals surface area contributed by atoms with Crippen molar-refractivity contribution in [1.29, 1.82) is 0 Å². The Kier molecular flexibility index (Phi) is 7.61. The van der Waals surface area contributed by atoms with Crippen molar-refractivity contribution in [1.82, 2.24) is 10.6 Å². The summed E-state index contributed by atoms with van der Waals surface area (Å²) in [5.41, 5.74) is 2.21. The lowest BCUT2D eigenvalue weighted by Gasteiger charge is -2.12. The van der Waals surface area contributed by atoms with Gasteiger partial charge in [-0.1, -0.05) is 30.3 Å². The molecule has 26 heavy (non-hydrogen) atoms. The lowest BCUT2D eigenvalue weighted by atomic mass is 10.1. The first-order valence-electron chi connectivity index (χ1n) is 8.58.